The van der Waals surface area contributed by atoms with Gasteiger partial charge in [-0.05, 0) is 0 Å². The summed E-state index contributed by atoms with van der Waals surface area (Å²) in [5, 5.41) is 0. The second-order valence-corrected chi connectivity index (χ2v) is 0. The first-order valence-electron chi connectivity index (χ1n) is 2.00. The Balaban J connectivity index is -0.00000000500. The molecule has 0 spiro atoms. The molecular formula is C4H18N2. The van der Waals surface area contributed by atoms with Crippen LogP contribution in [0.5, 0.6) is 0 Å². The molecule has 0 amide bonds. The van der Waals surface area contributed by atoms with Crippen molar-refractivity contribution in [1.82, 2.24) is 12.3 Å². The average Bonchev–Trinajstić information content (AvgIpc) is 1.50. The second kappa shape index (κ2) is 11800. The van der Waals surface area contributed by atoms with Gasteiger partial charge in [0.2, 0.25) is 0 Å². The summed E-state index contributed by atoms with van der Waals surface area (Å²) in [5.41, 5.74) is 0. The molecule has 0 aromatic carbocycles. The molecule has 0 radical (unpaired) electrons. The van der Waals surface area contributed by atoms with Gasteiger partial charge in [0.1, 0.15) is 0 Å². The summed E-state index contributed by atoms with van der Waals surface area (Å²) in [4.78, 5) is 0. The van der Waals surface area contributed by atoms with Crippen LogP contribution in [0.25, 0.3) is 0 Å². The zero-order chi connectivity index (χ0) is 4.00. The lowest BCUT2D eigenvalue weighted by Crippen LogP contribution is -0.856. The van der Waals surface area contributed by atoms with Gasteiger partial charge in [-0.3, -0.25) is 0 Å². The highest BCUT2D eigenvalue weighted by Crippen LogP contribution is 1.15. The quantitative estimate of drug-likeness (QED) is 0.483. The van der Waals surface area contributed by atoms with Gasteiger partial charge in [0.15, 0.2) is 0 Å². The predicted molar refractivity (Wildman–Crippen MR) is 32.7 cm³/mol. The summed E-state index contributed by atoms with van der Waals surface area (Å²) in [6.07, 6.45) is 0. The van der Waals surface area contributed by atoms with Crippen LogP contribution in [0.1, 0.15) is 27.7 Å². The Labute approximate surface area is 41.1 Å². The van der Waals surface area contributed by atoms with Gasteiger partial charge in [-0.1, -0.05) is 27.7 Å². The highest BCUT2D eigenvalue weighted by atomic mass is 14.0. The summed E-state index contributed by atoms with van der Waals surface area (Å²) < 4.78 is 0. The third-order valence-corrected chi connectivity index (χ3v) is 0. The van der Waals surface area contributed by atoms with E-state index in [2.05, 4.69) is 0 Å². The summed E-state index contributed by atoms with van der Waals surface area (Å²) >= 11 is 0. The maximum absolute atomic E-state index is 2.00. The molecule has 0 saturated heterocycles. The largest absolute Gasteiger partial charge is 0.344 e. The van der Waals surface area contributed by atoms with Crippen LogP contribution in [0.2, 0.25) is 0 Å². The first-order chi connectivity index (χ1) is 2.00. The van der Waals surface area contributed by atoms with E-state index in [4.69, 9.17) is 0 Å². The van der Waals surface area contributed by atoms with Crippen molar-refractivity contribution in [3.05, 3.63) is 0 Å². The molecule has 0 unspecified atom stereocenters. The molecule has 0 saturated carbocycles. The fourth-order valence-corrected chi connectivity index (χ4v) is 0. The minimum Gasteiger partial charge on any atom is -0.344 e. The molecule has 44 valence electrons. The topological polar surface area (TPSA) is 70.0 Å². The maximum atomic E-state index is 2.00. The lowest BCUT2D eigenvalue weighted by atomic mass is 11.0. The fourth-order valence-electron chi connectivity index (χ4n) is 0. The highest BCUT2D eigenvalue weighted by Gasteiger charge is 0.934. The van der Waals surface area contributed by atoms with Crippen molar-refractivity contribution >= 4 is 0 Å². The van der Waals surface area contributed by atoms with Crippen molar-refractivity contribution in [3.8, 4) is 0 Å². The SMILES string of the molecule is CC.CC.N.N. The van der Waals surface area contributed by atoms with Crippen LogP contribution >= 0.6 is 0 Å². The van der Waals surface area contributed by atoms with Gasteiger partial charge in [0.25, 0.3) is 0 Å². The van der Waals surface area contributed by atoms with Gasteiger partial charge in [-0.25, -0.2) is 0 Å². The molecule has 0 heterocycles. The van der Waals surface area contributed by atoms with Gasteiger partial charge in [0, 0.05) is 0 Å². The molecule has 6 heavy (non-hydrogen) atoms. The van der Waals surface area contributed by atoms with Gasteiger partial charge >= 0.3 is 0 Å². The second-order valence-electron chi connectivity index (χ2n) is 0. The van der Waals surface area contributed by atoms with Crippen LogP contribution in [-0.2, 0) is 0 Å². The minimum absolute atomic E-state index is 0. The van der Waals surface area contributed by atoms with Gasteiger partial charge < -0.3 is 12.3 Å². The molecule has 0 bridgehead atoms. The van der Waals surface area contributed by atoms with E-state index in [9.17, 15) is 0 Å². The molecule has 0 aromatic rings. The van der Waals surface area contributed by atoms with Crippen molar-refractivity contribution in [2.24, 2.45) is 0 Å². The molecule has 0 aromatic heterocycles. The summed E-state index contributed by atoms with van der Waals surface area (Å²) in [6.45, 7) is 8.00. The summed E-state index contributed by atoms with van der Waals surface area (Å²) in [7, 11) is 0. The van der Waals surface area contributed by atoms with Gasteiger partial charge in [0.05, 0.1) is 0 Å². The van der Waals surface area contributed by atoms with Crippen molar-refractivity contribution in [1.29, 1.82) is 0 Å². The molecule has 6 N–H and O–H groups in total. The molecule has 0 atom stereocenters. The Morgan fingerprint density at radius 1 is 0.500 bits per heavy atom. The lowest BCUT2D eigenvalue weighted by molar-refractivity contribution is 1.50. The average molecular weight is 94.2 g/mol. The molecule has 0 aliphatic heterocycles. The zero-order valence-corrected chi connectivity index (χ0v) is 5.41. The Hall–Kier alpha value is -0.0800. The molecular weight excluding hydrogens is 76.1 g/mol. The van der Waals surface area contributed by atoms with Gasteiger partial charge in [-0.15, -0.1) is 0 Å². The third kappa shape index (κ3) is 5220. The van der Waals surface area contributed by atoms with Crippen molar-refractivity contribution < 1.29 is 0 Å². The van der Waals surface area contributed by atoms with E-state index >= 15 is 0 Å². The standard InChI is InChI=1S/2C2H6.2H3N/c2*1-2;;/h2*1-2H3;2*1H3. The van der Waals surface area contributed by atoms with E-state index in [1.54, 1.807) is 0 Å². The van der Waals surface area contributed by atoms with E-state index < -0.39 is 0 Å². The van der Waals surface area contributed by atoms with Gasteiger partial charge in [-0.2, -0.15) is 0 Å². The van der Waals surface area contributed by atoms with Crippen molar-refractivity contribution in [2.75, 3.05) is 0 Å². The highest BCUT2D eigenvalue weighted by molar-refractivity contribution is 3.51. The smallest absolute Gasteiger partial charge is 0.0683 e. The minimum atomic E-state index is 0. The first-order valence-corrected chi connectivity index (χ1v) is 2.00. The summed E-state index contributed by atoms with van der Waals surface area (Å²) in [5.74, 6) is 0. The first kappa shape index (κ1) is 38.9. The lowest BCUT2D eigenvalue weighted by Gasteiger charge is -1.07. The van der Waals surface area contributed by atoms with E-state index in [1.807, 2.05) is 27.7 Å². The maximum Gasteiger partial charge on any atom is -0.0683 e. The molecule has 0 aliphatic rings. The predicted octanol–water partition coefficient (Wildman–Crippen LogP) is 2.38. The van der Waals surface area contributed by atoms with E-state index in [-0.39, 0.29) is 12.3 Å². The van der Waals surface area contributed by atoms with Crippen LogP contribution < -0.4 is 12.3 Å². The number of hydrogen-bond acceptors (Lipinski definition) is 2. The Morgan fingerprint density at radius 3 is 0.500 bits per heavy atom. The molecule has 2 nitrogen and oxygen atoms in total. The van der Waals surface area contributed by atoms with Crippen LogP contribution in [0, 0.1) is 0 Å². The van der Waals surface area contributed by atoms with Crippen LogP contribution in [-0.4, -0.2) is 0 Å². The van der Waals surface area contributed by atoms with E-state index in [0.29, 0.717) is 0 Å². The van der Waals surface area contributed by atoms with Crippen LogP contribution in [0.15, 0.2) is 0 Å². The van der Waals surface area contributed by atoms with Crippen LogP contribution in [0.3, 0.4) is 0 Å². The molecule has 0 aliphatic carbocycles. The van der Waals surface area contributed by atoms with Crippen LogP contribution in [0.4, 0.5) is 0 Å². The Bertz CT molecular complexity index is 5.51. The van der Waals surface area contributed by atoms with E-state index in [1.165, 1.54) is 0 Å². The normalized spacial score (nSPS) is 2.00. The Morgan fingerprint density at radius 2 is 0.500 bits per heavy atom. The third-order valence-electron chi connectivity index (χ3n) is 0. The van der Waals surface area contributed by atoms with Crippen molar-refractivity contribution in [2.45, 2.75) is 27.7 Å². The molecule has 0 rings (SSSR count). The monoisotopic (exact) mass is 94.1 g/mol. The zero-order valence-electron chi connectivity index (χ0n) is 5.41. The fraction of sp³-hybridized carbons (Fsp3) is 1.00. The molecule has 0 fully saturated rings. The van der Waals surface area contributed by atoms with Crippen molar-refractivity contribution in [3.63, 3.8) is 0 Å². The van der Waals surface area contributed by atoms with E-state index in [0.717, 1.165) is 0 Å². The number of rotatable bonds is 0. The number of hydrogen-bond donors (Lipinski definition) is 2. The summed E-state index contributed by atoms with van der Waals surface area (Å²) in [6, 6.07) is 0. The molecule has 2 heteroatoms. The Kier molecular flexibility index (Phi) is 76500.